The first-order valence-electron chi connectivity index (χ1n) is 21.7. The highest BCUT2D eigenvalue weighted by Crippen LogP contribution is 2.58. The molecule has 2 N–H and O–H groups in total. The van der Waals surface area contributed by atoms with Crippen molar-refractivity contribution in [2.45, 2.75) is 180 Å². The van der Waals surface area contributed by atoms with Crippen molar-refractivity contribution < 1.29 is 62.3 Å². The third kappa shape index (κ3) is 9.91. The minimum absolute atomic E-state index is 0.0324. The van der Waals surface area contributed by atoms with Crippen LogP contribution < -0.4 is 5.32 Å². The van der Waals surface area contributed by atoms with Gasteiger partial charge in [-0.15, -0.1) is 0 Å². The molecule has 15 heteroatoms. The summed E-state index contributed by atoms with van der Waals surface area (Å²) in [5.74, 6) is -3.75. The van der Waals surface area contributed by atoms with Crippen LogP contribution in [0.2, 0.25) is 0 Å². The number of carbonyl (C=O) groups is 5. The summed E-state index contributed by atoms with van der Waals surface area (Å²) >= 11 is 0. The number of unbranched alkanes of at least 4 members (excludes halogenated alkanes) is 4. The van der Waals surface area contributed by atoms with Gasteiger partial charge in [-0.3, -0.25) is 19.2 Å². The van der Waals surface area contributed by atoms with E-state index in [-0.39, 0.29) is 32.4 Å². The Morgan fingerprint density at radius 3 is 2.25 bits per heavy atom. The number of rotatable bonds is 19. The molecule has 8 atom stereocenters. The summed E-state index contributed by atoms with van der Waals surface area (Å²) in [5, 5.41) is 14.9. The molecule has 0 radical (unpaired) electrons. The molecule has 4 aliphatic heterocycles. The number of amides is 1. The van der Waals surface area contributed by atoms with Crippen LogP contribution in [0.3, 0.4) is 0 Å². The van der Waals surface area contributed by atoms with Crippen LogP contribution in [-0.4, -0.2) is 107 Å². The van der Waals surface area contributed by atoms with Crippen LogP contribution in [0, 0.1) is 10.8 Å². The maximum atomic E-state index is 14.9. The average molecular weight is 841 g/mol. The van der Waals surface area contributed by atoms with Gasteiger partial charge in [-0.05, 0) is 57.2 Å². The fraction of sp³-hybridized carbons (Fsp3) is 0.711. The van der Waals surface area contributed by atoms with Gasteiger partial charge < -0.3 is 38.8 Å². The molecule has 1 saturated carbocycles. The van der Waals surface area contributed by atoms with Gasteiger partial charge in [-0.2, -0.15) is 5.06 Å². The van der Waals surface area contributed by atoms with Crippen molar-refractivity contribution in [2.75, 3.05) is 13.2 Å². The first-order chi connectivity index (χ1) is 28.4. The highest BCUT2D eigenvalue weighted by Gasteiger charge is 2.76. The third-order valence-electron chi connectivity index (χ3n) is 12.1. The molecule has 0 unspecified atom stereocenters. The van der Waals surface area contributed by atoms with E-state index in [2.05, 4.69) is 19.2 Å². The average Bonchev–Trinajstić information content (AvgIpc) is 3.83. The number of fused-ring (bicyclic) bond motifs is 4. The number of carbonyl (C=O) groups excluding carboxylic acids is 5. The molecule has 332 valence electrons. The molecule has 1 aliphatic carbocycles. The zero-order chi connectivity index (χ0) is 43.5. The molecule has 5 aliphatic rings. The minimum Gasteiger partial charge on any atom is -0.462 e. The number of cyclic esters (lactones) is 1. The standard InChI is InChI=1S/C45H64N2O13/c1-8-10-12-22-44(23-13-11-9-2)58-34-31-24-45(41(53)46-30(26-48)19-21-33(50)57-42(3,4)5)36(39(51)55-31)47(60-37(45)35(34)59-44)25-29-16-14-28(15-17-29)18-20-32(49)56-38-40(52)54-27-43(38,6)7/h14-18,20,30-31,34-38,48H,8-13,19,21-27H2,1-7H3,(H,46,53)/t30-,31+,34-,35-,36-,37+,38-,45-/m0/s1. The molecular formula is C45H64N2O13. The number of hydrogen-bond donors (Lipinski definition) is 2. The van der Waals surface area contributed by atoms with Gasteiger partial charge in [0, 0.05) is 37.2 Å². The maximum Gasteiger partial charge on any atom is 0.348 e. The number of nitrogens with one attached hydrogen (secondary N) is 1. The molecule has 15 nitrogen and oxygen atoms in total. The number of aliphatic hydroxyl groups excluding tert-OH is 1. The predicted molar refractivity (Wildman–Crippen MR) is 216 cm³/mol. The Hall–Kier alpha value is -3.89. The zero-order valence-electron chi connectivity index (χ0n) is 36.2. The molecule has 1 aromatic rings. The van der Waals surface area contributed by atoms with Crippen LogP contribution in [0.4, 0.5) is 0 Å². The molecule has 2 bridgehead atoms. The second-order valence-electron chi connectivity index (χ2n) is 18.7. The lowest BCUT2D eigenvalue weighted by Crippen LogP contribution is -2.70. The highest BCUT2D eigenvalue weighted by molar-refractivity contribution is 5.94. The lowest BCUT2D eigenvalue weighted by molar-refractivity contribution is -0.224. The van der Waals surface area contributed by atoms with Crippen molar-refractivity contribution in [3.63, 3.8) is 0 Å². The van der Waals surface area contributed by atoms with Gasteiger partial charge in [0.2, 0.25) is 12.0 Å². The molecule has 5 fully saturated rings. The number of benzene rings is 1. The SMILES string of the molecule is CCCCCC1(CCCCC)O[C@@H]2[C@H](O1)[C@H]1ON(Cc3ccc(C=CC(=O)O[C@H]4C(=O)OCC4(C)C)cc3)[C@H]3C(=O)O[C@@H]2C[C@@]13C(=O)N[C@H](CO)CCC(=O)OC(C)(C)C. The van der Waals surface area contributed by atoms with Gasteiger partial charge in [0.15, 0.2) is 11.8 Å². The predicted octanol–water partition coefficient (Wildman–Crippen LogP) is 5.23. The normalized spacial score (nSPS) is 29.5. The van der Waals surface area contributed by atoms with E-state index in [4.69, 9.17) is 33.3 Å². The smallest absolute Gasteiger partial charge is 0.348 e. The minimum atomic E-state index is -1.48. The van der Waals surface area contributed by atoms with E-state index < -0.39 is 101 Å². The van der Waals surface area contributed by atoms with E-state index in [1.165, 1.54) is 11.1 Å². The topological polar surface area (TPSA) is 185 Å². The molecule has 60 heavy (non-hydrogen) atoms. The summed E-state index contributed by atoms with van der Waals surface area (Å²) in [6.07, 6.45) is 6.02. The summed E-state index contributed by atoms with van der Waals surface area (Å²) in [6, 6.07) is 5.25. The summed E-state index contributed by atoms with van der Waals surface area (Å²) in [5.41, 5.74) is -1.37. The van der Waals surface area contributed by atoms with Crippen LogP contribution in [0.5, 0.6) is 0 Å². The van der Waals surface area contributed by atoms with Crippen molar-refractivity contribution in [1.29, 1.82) is 0 Å². The van der Waals surface area contributed by atoms with E-state index in [1.54, 1.807) is 52.8 Å². The fourth-order valence-electron chi connectivity index (χ4n) is 9.08. The van der Waals surface area contributed by atoms with Crippen LogP contribution in [-0.2, 0) is 63.8 Å². The van der Waals surface area contributed by atoms with Crippen molar-refractivity contribution in [3.8, 4) is 0 Å². The lowest BCUT2D eigenvalue weighted by Gasteiger charge is -2.49. The van der Waals surface area contributed by atoms with Gasteiger partial charge in [0.1, 0.15) is 42.0 Å². The van der Waals surface area contributed by atoms with Crippen molar-refractivity contribution >= 4 is 35.9 Å². The first-order valence-corrected chi connectivity index (χ1v) is 21.7. The van der Waals surface area contributed by atoms with Gasteiger partial charge in [0.05, 0.1) is 19.2 Å². The van der Waals surface area contributed by atoms with Crippen LogP contribution in [0.15, 0.2) is 30.3 Å². The zero-order valence-corrected chi connectivity index (χ0v) is 36.2. The number of ether oxygens (including phenoxy) is 6. The van der Waals surface area contributed by atoms with Crippen molar-refractivity contribution in [3.05, 3.63) is 41.5 Å². The molecule has 4 saturated heterocycles. The Balaban J connectivity index is 1.24. The fourth-order valence-corrected chi connectivity index (χ4v) is 9.08. The van der Waals surface area contributed by atoms with Gasteiger partial charge >= 0.3 is 23.9 Å². The largest absolute Gasteiger partial charge is 0.462 e. The Morgan fingerprint density at radius 2 is 1.65 bits per heavy atom. The highest BCUT2D eigenvalue weighted by atomic mass is 16.8. The molecular weight excluding hydrogens is 776 g/mol. The Kier molecular flexibility index (Phi) is 14.2. The second-order valence-corrected chi connectivity index (χ2v) is 18.7. The van der Waals surface area contributed by atoms with Crippen LogP contribution in [0.1, 0.15) is 130 Å². The summed E-state index contributed by atoms with van der Waals surface area (Å²) in [7, 11) is 0. The second kappa shape index (κ2) is 18.6. The van der Waals surface area contributed by atoms with E-state index >= 15 is 0 Å². The van der Waals surface area contributed by atoms with E-state index in [0.29, 0.717) is 18.4 Å². The first kappa shape index (κ1) is 45.6. The van der Waals surface area contributed by atoms with Crippen LogP contribution in [0.25, 0.3) is 6.08 Å². The van der Waals surface area contributed by atoms with Gasteiger partial charge in [-0.25, -0.2) is 9.59 Å². The summed E-state index contributed by atoms with van der Waals surface area (Å²) < 4.78 is 35.9. The van der Waals surface area contributed by atoms with Crippen molar-refractivity contribution in [2.24, 2.45) is 10.8 Å². The van der Waals surface area contributed by atoms with E-state index in [0.717, 1.165) is 44.1 Å². The molecule has 0 spiro atoms. The molecule has 4 heterocycles. The van der Waals surface area contributed by atoms with E-state index in [9.17, 15) is 29.1 Å². The lowest BCUT2D eigenvalue weighted by atomic mass is 9.62. The van der Waals surface area contributed by atoms with E-state index in [1.807, 2.05) is 12.1 Å². The molecule has 1 aromatic carbocycles. The van der Waals surface area contributed by atoms with Gasteiger partial charge in [-0.1, -0.05) is 77.6 Å². The quantitative estimate of drug-likeness (QED) is 0.0798. The van der Waals surface area contributed by atoms with Gasteiger partial charge in [0.25, 0.3) is 0 Å². The number of hydrogen-bond acceptors (Lipinski definition) is 14. The number of esters is 4. The Bertz CT molecular complexity index is 1750. The molecule has 6 rings (SSSR count). The van der Waals surface area contributed by atoms with Crippen molar-refractivity contribution in [1.82, 2.24) is 10.4 Å². The van der Waals surface area contributed by atoms with Crippen LogP contribution >= 0.6 is 0 Å². The Labute approximate surface area is 353 Å². The summed E-state index contributed by atoms with van der Waals surface area (Å²) in [4.78, 5) is 73.1. The number of hydroxylamine groups is 2. The molecule has 0 aromatic heterocycles. The summed E-state index contributed by atoms with van der Waals surface area (Å²) in [6.45, 7) is 13.0. The number of nitrogens with zero attached hydrogens (tertiary/aromatic N) is 1. The molecule has 1 amide bonds. The third-order valence-corrected chi connectivity index (χ3v) is 12.1. The number of aliphatic hydroxyl groups is 1. The monoisotopic (exact) mass is 840 g/mol. The Morgan fingerprint density at radius 1 is 0.983 bits per heavy atom. The maximum absolute atomic E-state index is 14.9.